The maximum Gasteiger partial charge on any atom is 0.303 e. The Kier molecular flexibility index (Phi) is 2.54. The highest BCUT2D eigenvalue weighted by Crippen LogP contribution is 2.39. The molecule has 2 fully saturated rings. The molecule has 2 aliphatic rings. The van der Waals surface area contributed by atoms with E-state index >= 15 is 0 Å². The van der Waals surface area contributed by atoms with Crippen LogP contribution in [0.2, 0.25) is 0 Å². The van der Waals surface area contributed by atoms with Crippen LogP contribution in [0, 0.1) is 11.8 Å². The van der Waals surface area contributed by atoms with Gasteiger partial charge in [-0.1, -0.05) is 0 Å². The van der Waals surface area contributed by atoms with Gasteiger partial charge in [0, 0.05) is 12.5 Å². The molecule has 1 aliphatic carbocycles. The molecule has 1 heterocycles. The molecule has 1 saturated carbocycles. The number of hydrogen-bond acceptors (Lipinski definition) is 2. The summed E-state index contributed by atoms with van der Waals surface area (Å²) >= 11 is 0. The highest BCUT2D eigenvalue weighted by Gasteiger charge is 2.38. The average molecular weight is 183 g/mol. The quantitative estimate of drug-likeness (QED) is 0.692. The Morgan fingerprint density at radius 1 is 1.38 bits per heavy atom. The molecule has 0 aromatic heterocycles. The van der Waals surface area contributed by atoms with Gasteiger partial charge in [-0.25, -0.2) is 0 Å². The van der Waals surface area contributed by atoms with Crippen molar-refractivity contribution in [2.24, 2.45) is 11.8 Å². The molecule has 13 heavy (non-hydrogen) atoms. The standard InChI is InChI=1S/C10H17NO2/c12-9(13)6-8-2-1-5-11-10(8)7-3-4-7/h7-8,10-11H,1-6H2,(H,12,13)/t8-,10-/m0/s1. The van der Waals surface area contributed by atoms with Crippen LogP contribution in [0.25, 0.3) is 0 Å². The van der Waals surface area contributed by atoms with Crippen molar-refractivity contribution in [3.05, 3.63) is 0 Å². The van der Waals surface area contributed by atoms with E-state index in [2.05, 4.69) is 5.32 Å². The van der Waals surface area contributed by atoms with Crippen molar-refractivity contribution in [1.82, 2.24) is 5.32 Å². The van der Waals surface area contributed by atoms with Crippen LogP contribution in [0.3, 0.4) is 0 Å². The summed E-state index contributed by atoms with van der Waals surface area (Å²) in [5.41, 5.74) is 0. The van der Waals surface area contributed by atoms with Crippen molar-refractivity contribution < 1.29 is 9.90 Å². The topological polar surface area (TPSA) is 49.3 Å². The molecule has 0 spiro atoms. The molecule has 0 bridgehead atoms. The minimum absolute atomic E-state index is 0.355. The summed E-state index contributed by atoms with van der Waals surface area (Å²) in [4.78, 5) is 10.6. The van der Waals surface area contributed by atoms with Gasteiger partial charge in [0.25, 0.3) is 0 Å². The summed E-state index contributed by atoms with van der Waals surface area (Å²) in [6, 6.07) is 0.504. The number of carbonyl (C=O) groups is 1. The smallest absolute Gasteiger partial charge is 0.303 e. The molecule has 2 atom stereocenters. The van der Waals surface area contributed by atoms with E-state index in [9.17, 15) is 4.79 Å². The molecule has 3 heteroatoms. The highest BCUT2D eigenvalue weighted by atomic mass is 16.4. The molecule has 0 radical (unpaired) electrons. The maximum absolute atomic E-state index is 10.6. The number of hydrogen-bond donors (Lipinski definition) is 2. The highest BCUT2D eigenvalue weighted by molar-refractivity contribution is 5.67. The first kappa shape index (κ1) is 9.00. The second-order valence-corrected chi connectivity index (χ2v) is 4.32. The Bertz CT molecular complexity index is 201. The summed E-state index contributed by atoms with van der Waals surface area (Å²) in [5, 5.41) is 12.2. The van der Waals surface area contributed by atoms with Gasteiger partial charge in [-0.05, 0) is 44.1 Å². The number of rotatable bonds is 3. The Morgan fingerprint density at radius 3 is 2.77 bits per heavy atom. The van der Waals surface area contributed by atoms with E-state index in [0.29, 0.717) is 18.4 Å². The molecule has 0 aromatic carbocycles. The predicted molar refractivity (Wildman–Crippen MR) is 49.5 cm³/mol. The first-order valence-electron chi connectivity index (χ1n) is 5.22. The fourth-order valence-corrected chi connectivity index (χ4v) is 2.44. The number of carboxylic acids is 1. The third kappa shape index (κ3) is 2.21. The third-order valence-electron chi connectivity index (χ3n) is 3.21. The summed E-state index contributed by atoms with van der Waals surface area (Å²) < 4.78 is 0. The molecule has 2 rings (SSSR count). The average Bonchev–Trinajstić information content (AvgIpc) is 2.87. The van der Waals surface area contributed by atoms with Gasteiger partial charge >= 0.3 is 5.97 Å². The van der Waals surface area contributed by atoms with Crippen molar-refractivity contribution in [2.75, 3.05) is 6.54 Å². The van der Waals surface area contributed by atoms with E-state index in [1.807, 2.05) is 0 Å². The van der Waals surface area contributed by atoms with Gasteiger partial charge in [0.2, 0.25) is 0 Å². The van der Waals surface area contributed by atoms with E-state index in [0.717, 1.165) is 25.3 Å². The Labute approximate surface area is 78.5 Å². The van der Waals surface area contributed by atoms with Gasteiger partial charge in [-0.15, -0.1) is 0 Å². The fraction of sp³-hybridized carbons (Fsp3) is 0.900. The Hall–Kier alpha value is -0.570. The molecule has 2 N–H and O–H groups in total. The monoisotopic (exact) mass is 183 g/mol. The van der Waals surface area contributed by atoms with E-state index in [1.54, 1.807) is 0 Å². The molecule has 1 aliphatic heterocycles. The van der Waals surface area contributed by atoms with E-state index in [-0.39, 0.29) is 0 Å². The molecule has 74 valence electrons. The summed E-state index contributed by atoms with van der Waals surface area (Å²) in [7, 11) is 0. The molecular weight excluding hydrogens is 166 g/mol. The van der Waals surface area contributed by atoms with Gasteiger partial charge in [-0.2, -0.15) is 0 Å². The van der Waals surface area contributed by atoms with Crippen LogP contribution in [0.15, 0.2) is 0 Å². The first-order valence-corrected chi connectivity index (χ1v) is 5.22. The molecular formula is C10H17NO2. The van der Waals surface area contributed by atoms with Crippen LogP contribution in [-0.4, -0.2) is 23.7 Å². The molecule has 0 amide bonds. The summed E-state index contributed by atoms with van der Waals surface area (Å²) in [6.07, 6.45) is 5.19. The van der Waals surface area contributed by atoms with Crippen LogP contribution in [0.1, 0.15) is 32.1 Å². The van der Waals surface area contributed by atoms with Crippen LogP contribution in [-0.2, 0) is 4.79 Å². The van der Waals surface area contributed by atoms with Crippen molar-refractivity contribution >= 4 is 5.97 Å². The molecule has 0 unspecified atom stereocenters. The SMILES string of the molecule is O=C(O)C[C@@H]1CCCN[C@H]1C1CC1. The van der Waals surface area contributed by atoms with E-state index < -0.39 is 5.97 Å². The molecule has 1 saturated heterocycles. The zero-order valence-electron chi connectivity index (χ0n) is 7.83. The first-order chi connectivity index (χ1) is 6.27. The van der Waals surface area contributed by atoms with Gasteiger partial charge < -0.3 is 10.4 Å². The van der Waals surface area contributed by atoms with Crippen molar-refractivity contribution in [2.45, 2.75) is 38.1 Å². The lowest BCUT2D eigenvalue weighted by molar-refractivity contribution is -0.138. The largest absolute Gasteiger partial charge is 0.481 e. The van der Waals surface area contributed by atoms with Crippen LogP contribution >= 0.6 is 0 Å². The minimum atomic E-state index is -0.639. The number of nitrogens with one attached hydrogen (secondary N) is 1. The predicted octanol–water partition coefficient (Wildman–Crippen LogP) is 1.24. The lowest BCUT2D eigenvalue weighted by Gasteiger charge is -2.31. The van der Waals surface area contributed by atoms with Crippen LogP contribution in [0.5, 0.6) is 0 Å². The second-order valence-electron chi connectivity index (χ2n) is 4.32. The zero-order chi connectivity index (χ0) is 9.26. The second kappa shape index (κ2) is 3.66. The lowest BCUT2D eigenvalue weighted by atomic mass is 9.85. The fourth-order valence-electron chi connectivity index (χ4n) is 2.44. The van der Waals surface area contributed by atoms with Crippen LogP contribution in [0.4, 0.5) is 0 Å². The third-order valence-corrected chi connectivity index (χ3v) is 3.21. The molecule has 0 aromatic rings. The summed E-state index contributed by atoms with van der Waals surface area (Å²) in [5.74, 6) is 0.530. The molecule has 3 nitrogen and oxygen atoms in total. The van der Waals surface area contributed by atoms with E-state index in [1.165, 1.54) is 12.8 Å². The number of piperidine rings is 1. The normalized spacial score (nSPS) is 34.5. The van der Waals surface area contributed by atoms with Gasteiger partial charge in [-0.3, -0.25) is 4.79 Å². The van der Waals surface area contributed by atoms with Crippen molar-refractivity contribution in [1.29, 1.82) is 0 Å². The van der Waals surface area contributed by atoms with E-state index in [4.69, 9.17) is 5.11 Å². The maximum atomic E-state index is 10.6. The van der Waals surface area contributed by atoms with Crippen LogP contribution < -0.4 is 5.32 Å². The Morgan fingerprint density at radius 2 is 2.15 bits per heavy atom. The minimum Gasteiger partial charge on any atom is -0.481 e. The van der Waals surface area contributed by atoms with Gasteiger partial charge in [0.15, 0.2) is 0 Å². The number of aliphatic carboxylic acids is 1. The van der Waals surface area contributed by atoms with Gasteiger partial charge in [0.1, 0.15) is 0 Å². The number of carboxylic acid groups (broad SMARTS) is 1. The Balaban J connectivity index is 1.91. The van der Waals surface area contributed by atoms with Crippen molar-refractivity contribution in [3.8, 4) is 0 Å². The lowest BCUT2D eigenvalue weighted by Crippen LogP contribution is -2.43. The van der Waals surface area contributed by atoms with Gasteiger partial charge in [0.05, 0.1) is 0 Å². The summed E-state index contributed by atoms with van der Waals surface area (Å²) in [6.45, 7) is 1.08. The van der Waals surface area contributed by atoms with Crippen molar-refractivity contribution in [3.63, 3.8) is 0 Å². The zero-order valence-corrected chi connectivity index (χ0v) is 7.83.